The molecular formula is C3H7O4P. The molecule has 4 nitrogen and oxygen atoms in total. The standard InChI is InChI=1S/C3H7O4P/c4-3-1-7-8(5,6)2-3/h3-4H,1-2H2,(H,5,6). The second kappa shape index (κ2) is 1.81. The van der Waals surface area contributed by atoms with Crippen LogP contribution in [0.1, 0.15) is 0 Å². The summed E-state index contributed by atoms with van der Waals surface area (Å²) in [5.41, 5.74) is 0. The van der Waals surface area contributed by atoms with E-state index in [4.69, 9.17) is 10.00 Å². The van der Waals surface area contributed by atoms with Crippen LogP contribution in [0, 0.1) is 0 Å². The van der Waals surface area contributed by atoms with Gasteiger partial charge in [0.1, 0.15) is 0 Å². The predicted octanol–water partition coefficient (Wildman–Crippen LogP) is -0.437. The molecule has 0 aromatic heterocycles. The molecule has 1 fully saturated rings. The van der Waals surface area contributed by atoms with Crippen molar-refractivity contribution >= 4 is 7.60 Å². The quantitative estimate of drug-likeness (QED) is 0.445. The fourth-order valence-electron chi connectivity index (χ4n) is 0.574. The Balaban J connectivity index is 2.57. The number of hydrogen-bond donors (Lipinski definition) is 2. The second-order valence-corrected chi connectivity index (χ2v) is 3.67. The lowest BCUT2D eigenvalue weighted by Gasteiger charge is -1.95. The topological polar surface area (TPSA) is 66.8 Å². The molecule has 0 radical (unpaired) electrons. The Kier molecular flexibility index (Phi) is 1.41. The van der Waals surface area contributed by atoms with Crippen molar-refractivity contribution in [3.05, 3.63) is 0 Å². The highest BCUT2D eigenvalue weighted by Crippen LogP contribution is 2.46. The molecule has 0 aromatic rings. The van der Waals surface area contributed by atoms with Crippen LogP contribution in [0.2, 0.25) is 0 Å². The first-order chi connectivity index (χ1) is 3.60. The Morgan fingerprint density at radius 1 is 1.75 bits per heavy atom. The molecule has 0 amide bonds. The Morgan fingerprint density at radius 3 is 2.50 bits per heavy atom. The molecule has 0 aliphatic carbocycles. The van der Waals surface area contributed by atoms with E-state index < -0.39 is 13.7 Å². The number of rotatable bonds is 0. The van der Waals surface area contributed by atoms with Gasteiger partial charge in [-0.25, -0.2) is 0 Å². The van der Waals surface area contributed by atoms with Crippen LogP contribution in [-0.2, 0) is 9.09 Å². The SMILES string of the molecule is O=P1(O)CC(O)CO1. The lowest BCUT2D eigenvalue weighted by molar-refractivity contribution is 0.153. The summed E-state index contributed by atoms with van der Waals surface area (Å²) in [7, 11) is -3.35. The molecule has 0 aromatic carbocycles. The van der Waals surface area contributed by atoms with Crippen LogP contribution in [0.25, 0.3) is 0 Å². The number of hydrogen-bond acceptors (Lipinski definition) is 3. The van der Waals surface area contributed by atoms with Crippen LogP contribution in [-0.4, -0.2) is 28.9 Å². The summed E-state index contributed by atoms with van der Waals surface area (Å²) in [5, 5.41) is 8.61. The summed E-state index contributed by atoms with van der Waals surface area (Å²) in [6, 6.07) is 0. The van der Waals surface area contributed by atoms with Crippen molar-refractivity contribution in [1.82, 2.24) is 0 Å². The number of aliphatic hydroxyl groups is 1. The summed E-state index contributed by atoms with van der Waals surface area (Å²) in [6.45, 7) is -0.00617. The van der Waals surface area contributed by atoms with Crippen LogP contribution >= 0.6 is 7.60 Å². The average Bonchev–Trinajstić information content (AvgIpc) is 1.82. The van der Waals surface area contributed by atoms with Crippen molar-refractivity contribution in [2.75, 3.05) is 12.8 Å². The zero-order chi connectivity index (χ0) is 6.20. The average molecular weight is 138 g/mol. The highest BCUT2D eigenvalue weighted by molar-refractivity contribution is 7.53. The van der Waals surface area contributed by atoms with E-state index in [2.05, 4.69) is 4.52 Å². The maximum Gasteiger partial charge on any atom is 0.330 e. The molecule has 8 heavy (non-hydrogen) atoms. The van der Waals surface area contributed by atoms with Crippen molar-refractivity contribution in [2.24, 2.45) is 0 Å². The molecule has 2 unspecified atom stereocenters. The minimum atomic E-state index is -3.35. The van der Waals surface area contributed by atoms with Gasteiger partial charge in [-0.05, 0) is 0 Å². The molecule has 0 bridgehead atoms. The minimum Gasteiger partial charge on any atom is -0.390 e. The Labute approximate surface area is 46.6 Å². The molecule has 0 saturated carbocycles. The van der Waals surface area contributed by atoms with Gasteiger partial charge in [0.05, 0.1) is 18.9 Å². The summed E-state index contributed by atoms with van der Waals surface area (Å²) in [6.07, 6.45) is -0.863. The zero-order valence-corrected chi connectivity index (χ0v) is 5.04. The summed E-state index contributed by atoms with van der Waals surface area (Å²) >= 11 is 0. The van der Waals surface area contributed by atoms with E-state index in [1.807, 2.05) is 0 Å². The van der Waals surface area contributed by atoms with Crippen molar-refractivity contribution in [1.29, 1.82) is 0 Å². The van der Waals surface area contributed by atoms with E-state index in [9.17, 15) is 4.57 Å². The highest BCUT2D eigenvalue weighted by Gasteiger charge is 2.31. The lowest BCUT2D eigenvalue weighted by Crippen LogP contribution is -2.07. The van der Waals surface area contributed by atoms with Gasteiger partial charge in [-0.1, -0.05) is 0 Å². The Bertz CT molecular complexity index is 133. The summed E-state index contributed by atoms with van der Waals surface area (Å²) < 4.78 is 14.7. The molecule has 1 heterocycles. The second-order valence-electron chi connectivity index (χ2n) is 1.77. The van der Waals surface area contributed by atoms with Gasteiger partial charge in [-0.3, -0.25) is 4.57 Å². The lowest BCUT2D eigenvalue weighted by atomic mass is 10.5. The molecule has 1 saturated heterocycles. The van der Waals surface area contributed by atoms with Gasteiger partial charge >= 0.3 is 7.60 Å². The van der Waals surface area contributed by atoms with Gasteiger partial charge < -0.3 is 14.5 Å². The van der Waals surface area contributed by atoms with Gasteiger partial charge in [0, 0.05) is 0 Å². The molecule has 48 valence electrons. The largest absolute Gasteiger partial charge is 0.390 e. The molecule has 1 rings (SSSR count). The normalized spacial score (nSPS) is 47.5. The first-order valence-electron chi connectivity index (χ1n) is 2.24. The first kappa shape index (κ1) is 6.23. The summed E-state index contributed by atoms with van der Waals surface area (Å²) in [4.78, 5) is 8.54. The van der Waals surface area contributed by atoms with E-state index in [-0.39, 0.29) is 12.8 Å². The Morgan fingerprint density at radius 2 is 2.38 bits per heavy atom. The fourth-order valence-corrected chi connectivity index (χ4v) is 1.72. The van der Waals surface area contributed by atoms with Gasteiger partial charge in [0.2, 0.25) is 0 Å². The third kappa shape index (κ3) is 1.29. The maximum atomic E-state index is 10.4. The van der Waals surface area contributed by atoms with Gasteiger partial charge in [0.25, 0.3) is 0 Å². The smallest absolute Gasteiger partial charge is 0.330 e. The van der Waals surface area contributed by atoms with Gasteiger partial charge in [-0.15, -0.1) is 0 Å². The highest BCUT2D eigenvalue weighted by atomic mass is 31.2. The monoisotopic (exact) mass is 138 g/mol. The third-order valence-electron chi connectivity index (χ3n) is 0.910. The van der Waals surface area contributed by atoms with Crippen molar-refractivity contribution in [2.45, 2.75) is 6.10 Å². The molecular weight excluding hydrogens is 131 g/mol. The maximum absolute atomic E-state index is 10.4. The Hall–Kier alpha value is 0.110. The van der Waals surface area contributed by atoms with Gasteiger partial charge in [-0.2, -0.15) is 0 Å². The predicted molar refractivity (Wildman–Crippen MR) is 26.7 cm³/mol. The molecule has 2 N–H and O–H groups in total. The minimum absolute atomic E-state index is 0.00617. The van der Waals surface area contributed by atoms with E-state index in [1.54, 1.807) is 0 Å². The zero-order valence-electron chi connectivity index (χ0n) is 4.15. The van der Waals surface area contributed by atoms with Crippen LogP contribution in [0.4, 0.5) is 0 Å². The van der Waals surface area contributed by atoms with Crippen molar-refractivity contribution < 1.29 is 19.1 Å². The summed E-state index contributed by atoms with van der Waals surface area (Å²) in [5.74, 6) is 0. The van der Waals surface area contributed by atoms with Crippen molar-refractivity contribution in [3.63, 3.8) is 0 Å². The van der Waals surface area contributed by atoms with Crippen LogP contribution in [0.3, 0.4) is 0 Å². The molecule has 2 atom stereocenters. The fraction of sp³-hybridized carbons (Fsp3) is 1.00. The molecule has 1 aliphatic heterocycles. The van der Waals surface area contributed by atoms with Crippen LogP contribution in [0.15, 0.2) is 0 Å². The third-order valence-corrected chi connectivity index (χ3v) is 2.35. The van der Waals surface area contributed by atoms with Gasteiger partial charge in [0.15, 0.2) is 0 Å². The van der Waals surface area contributed by atoms with Crippen LogP contribution in [0.5, 0.6) is 0 Å². The van der Waals surface area contributed by atoms with E-state index >= 15 is 0 Å². The molecule has 1 aliphatic rings. The molecule has 0 spiro atoms. The van der Waals surface area contributed by atoms with Crippen LogP contribution < -0.4 is 0 Å². The van der Waals surface area contributed by atoms with E-state index in [1.165, 1.54) is 0 Å². The van der Waals surface area contributed by atoms with E-state index in [0.29, 0.717) is 0 Å². The first-order valence-corrected chi connectivity index (χ1v) is 4.01. The van der Waals surface area contributed by atoms with E-state index in [0.717, 1.165) is 0 Å². The van der Waals surface area contributed by atoms with Crippen molar-refractivity contribution in [3.8, 4) is 0 Å². The molecule has 5 heteroatoms. The number of aliphatic hydroxyl groups excluding tert-OH is 1.